The topological polar surface area (TPSA) is 52.7 Å². The van der Waals surface area contributed by atoms with Gasteiger partial charge in [0.2, 0.25) is 0 Å². The third-order valence-corrected chi connectivity index (χ3v) is 7.58. The number of nitrogens with zero attached hydrogens (tertiary/aromatic N) is 5. The van der Waals surface area contributed by atoms with Gasteiger partial charge in [-0.3, -0.25) is 0 Å². The van der Waals surface area contributed by atoms with Gasteiger partial charge in [-0.1, -0.05) is 49.7 Å². The van der Waals surface area contributed by atoms with Gasteiger partial charge in [0.15, 0.2) is 0 Å². The van der Waals surface area contributed by atoms with Gasteiger partial charge in [0.05, 0.1) is 22.7 Å². The minimum atomic E-state index is 0.686. The second-order valence-corrected chi connectivity index (χ2v) is 10.2. The maximum Gasteiger partial charge on any atom is 0.0936 e. The van der Waals surface area contributed by atoms with Crippen LogP contribution in [0.5, 0.6) is 0 Å². The van der Waals surface area contributed by atoms with E-state index in [1.54, 1.807) is 0 Å². The van der Waals surface area contributed by atoms with Gasteiger partial charge in [0.25, 0.3) is 0 Å². The molecule has 5 heteroatoms. The second-order valence-electron chi connectivity index (χ2n) is 10.2. The summed E-state index contributed by atoms with van der Waals surface area (Å²) in [5.74, 6) is 1.60. The first-order valence-electron chi connectivity index (χ1n) is 13.3. The Balaban J connectivity index is 1.32. The van der Waals surface area contributed by atoms with E-state index >= 15 is 0 Å². The third-order valence-electron chi connectivity index (χ3n) is 7.58. The van der Waals surface area contributed by atoms with Crippen LogP contribution in [0.15, 0.2) is 105 Å². The molecule has 5 nitrogen and oxygen atoms in total. The Bertz CT molecular complexity index is 1380. The van der Waals surface area contributed by atoms with Crippen molar-refractivity contribution in [1.82, 2.24) is 0 Å². The van der Waals surface area contributed by atoms with Crippen LogP contribution in [0.1, 0.15) is 50.5 Å². The summed E-state index contributed by atoms with van der Waals surface area (Å²) < 4.78 is 0. The van der Waals surface area contributed by atoms with Gasteiger partial charge in [0, 0.05) is 30.6 Å². The zero-order chi connectivity index (χ0) is 25.6. The van der Waals surface area contributed by atoms with Gasteiger partial charge in [-0.2, -0.15) is 10.2 Å². The molecule has 0 heterocycles. The minimum Gasteiger partial charge on any atom is -0.378 e. The van der Waals surface area contributed by atoms with E-state index in [1.165, 1.54) is 37.7 Å². The van der Waals surface area contributed by atoms with Crippen LogP contribution in [0.2, 0.25) is 0 Å². The number of hydrogen-bond donors (Lipinski definition) is 0. The van der Waals surface area contributed by atoms with Crippen LogP contribution in [0.25, 0.3) is 10.8 Å². The molecule has 4 aromatic rings. The van der Waals surface area contributed by atoms with Crippen LogP contribution in [0, 0.1) is 5.92 Å². The van der Waals surface area contributed by atoms with Crippen molar-refractivity contribution >= 4 is 39.2 Å². The van der Waals surface area contributed by atoms with Crippen molar-refractivity contribution in [2.24, 2.45) is 26.4 Å². The molecule has 0 saturated heterocycles. The Morgan fingerprint density at radius 3 is 1.62 bits per heavy atom. The molecular weight excluding hydrogens is 454 g/mol. The number of fused-ring (bicyclic) bond motifs is 1. The minimum absolute atomic E-state index is 0.686. The Morgan fingerprint density at radius 1 is 0.622 bits per heavy atom. The molecule has 0 aromatic heterocycles. The lowest BCUT2D eigenvalue weighted by Gasteiger charge is -2.28. The van der Waals surface area contributed by atoms with E-state index in [9.17, 15) is 0 Å². The summed E-state index contributed by atoms with van der Waals surface area (Å²) >= 11 is 0. The fourth-order valence-electron chi connectivity index (χ4n) is 5.20. The quantitative estimate of drug-likeness (QED) is 0.238. The van der Waals surface area contributed by atoms with Crippen LogP contribution >= 0.6 is 0 Å². The Hall–Kier alpha value is -3.86. The number of hydrogen-bond acceptors (Lipinski definition) is 5. The fourth-order valence-corrected chi connectivity index (χ4v) is 5.20. The monoisotopic (exact) mass is 489 g/mol. The van der Waals surface area contributed by atoms with Crippen LogP contribution in [0.3, 0.4) is 0 Å². The average Bonchev–Trinajstić information content (AvgIpc) is 2.95. The van der Waals surface area contributed by atoms with E-state index in [4.69, 9.17) is 0 Å². The molecule has 0 radical (unpaired) electrons. The highest BCUT2D eigenvalue weighted by atomic mass is 15.1. The number of azo groups is 2. The van der Waals surface area contributed by atoms with Crippen molar-refractivity contribution in [3.8, 4) is 0 Å². The van der Waals surface area contributed by atoms with E-state index in [1.807, 2.05) is 62.6 Å². The van der Waals surface area contributed by atoms with E-state index in [0.29, 0.717) is 5.92 Å². The molecule has 1 aliphatic carbocycles. The van der Waals surface area contributed by atoms with Crippen molar-refractivity contribution < 1.29 is 0 Å². The lowest BCUT2D eigenvalue weighted by Crippen LogP contribution is -2.12. The summed E-state index contributed by atoms with van der Waals surface area (Å²) in [6, 6.07) is 28.8. The van der Waals surface area contributed by atoms with Gasteiger partial charge >= 0.3 is 0 Å². The zero-order valence-electron chi connectivity index (χ0n) is 22.0. The first-order chi connectivity index (χ1) is 18.1. The van der Waals surface area contributed by atoms with Gasteiger partial charge in [-0.05, 0) is 91.6 Å². The maximum absolute atomic E-state index is 4.60. The molecule has 188 valence electrons. The Labute approximate surface area is 220 Å². The molecule has 1 aliphatic rings. The largest absolute Gasteiger partial charge is 0.378 e. The Morgan fingerprint density at radius 2 is 1.14 bits per heavy atom. The van der Waals surface area contributed by atoms with E-state index in [-0.39, 0.29) is 0 Å². The summed E-state index contributed by atoms with van der Waals surface area (Å²) in [6.07, 6.45) is 6.63. The smallest absolute Gasteiger partial charge is 0.0936 e. The SMILES string of the molecule is CCC1CCC(c2ccc(N=Nc3ccc(N=Nc4ccc(N(C)C)cc4)c4ccccc34)cc2)CC1. The molecule has 4 aromatic carbocycles. The summed E-state index contributed by atoms with van der Waals surface area (Å²) in [6.45, 7) is 2.32. The predicted octanol–water partition coefficient (Wildman–Crippen LogP) is 10.4. The van der Waals surface area contributed by atoms with Crippen molar-refractivity contribution in [2.75, 3.05) is 19.0 Å². The van der Waals surface area contributed by atoms with Crippen LogP contribution in [-0.4, -0.2) is 14.1 Å². The molecule has 0 aliphatic heterocycles. The lowest BCUT2D eigenvalue weighted by atomic mass is 9.78. The second kappa shape index (κ2) is 11.5. The predicted molar refractivity (Wildman–Crippen MR) is 155 cm³/mol. The van der Waals surface area contributed by atoms with Gasteiger partial charge in [0.1, 0.15) is 0 Å². The summed E-state index contributed by atoms with van der Waals surface area (Å²) in [4.78, 5) is 2.06. The van der Waals surface area contributed by atoms with Crippen LogP contribution < -0.4 is 4.90 Å². The van der Waals surface area contributed by atoms with Crippen molar-refractivity contribution in [1.29, 1.82) is 0 Å². The number of benzene rings is 4. The fraction of sp³-hybridized carbons (Fsp3) is 0.312. The van der Waals surface area contributed by atoms with Crippen molar-refractivity contribution in [3.05, 3.63) is 90.5 Å². The molecule has 0 unspecified atom stereocenters. The maximum atomic E-state index is 4.60. The lowest BCUT2D eigenvalue weighted by molar-refractivity contribution is 0.319. The highest BCUT2D eigenvalue weighted by Gasteiger charge is 2.21. The molecule has 37 heavy (non-hydrogen) atoms. The Kier molecular flexibility index (Phi) is 7.69. The van der Waals surface area contributed by atoms with E-state index in [2.05, 4.69) is 68.7 Å². The molecule has 1 saturated carbocycles. The molecule has 0 bridgehead atoms. The average molecular weight is 490 g/mol. The molecule has 0 spiro atoms. The van der Waals surface area contributed by atoms with Crippen LogP contribution in [0.4, 0.5) is 28.4 Å². The van der Waals surface area contributed by atoms with Crippen LogP contribution in [-0.2, 0) is 0 Å². The summed E-state index contributed by atoms with van der Waals surface area (Å²) in [5, 5.41) is 20.2. The number of anilines is 1. The standard InChI is InChI=1S/C32H35N5/c1-4-23-9-11-24(12-10-23)25-13-15-26(16-14-25)33-35-31-21-22-32(30-8-6-5-7-29(30)31)36-34-27-17-19-28(20-18-27)37(2)3/h5-8,13-24H,4,9-12H2,1-3H3. The normalized spacial score (nSPS) is 18.1. The van der Waals surface area contributed by atoms with Crippen molar-refractivity contribution in [3.63, 3.8) is 0 Å². The zero-order valence-corrected chi connectivity index (χ0v) is 22.0. The molecule has 1 fully saturated rings. The van der Waals surface area contributed by atoms with Gasteiger partial charge < -0.3 is 4.90 Å². The molecule has 0 N–H and O–H groups in total. The van der Waals surface area contributed by atoms with E-state index in [0.717, 1.165) is 45.1 Å². The molecule has 5 rings (SSSR count). The first kappa shape index (κ1) is 24.8. The molecule has 0 atom stereocenters. The van der Waals surface area contributed by atoms with E-state index < -0.39 is 0 Å². The van der Waals surface area contributed by atoms with Crippen molar-refractivity contribution in [2.45, 2.75) is 44.9 Å². The van der Waals surface area contributed by atoms with Gasteiger partial charge in [-0.15, -0.1) is 10.2 Å². The highest BCUT2D eigenvalue weighted by Crippen LogP contribution is 2.38. The molecule has 0 amide bonds. The summed E-state index contributed by atoms with van der Waals surface area (Å²) in [7, 11) is 4.05. The first-order valence-corrected chi connectivity index (χ1v) is 13.3. The molecular formula is C32H35N5. The third kappa shape index (κ3) is 5.93. The number of rotatable bonds is 7. The highest BCUT2D eigenvalue weighted by molar-refractivity contribution is 5.99. The van der Waals surface area contributed by atoms with Gasteiger partial charge in [-0.25, -0.2) is 0 Å². The summed E-state index contributed by atoms with van der Waals surface area (Å²) in [5.41, 5.74) is 5.90.